The summed E-state index contributed by atoms with van der Waals surface area (Å²) in [4.78, 5) is 30.4. The summed E-state index contributed by atoms with van der Waals surface area (Å²) in [5.41, 5.74) is 2.00. The summed E-state index contributed by atoms with van der Waals surface area (Å²) in [7, 11) is 0. The summed E-state index contributed by atoms with van der Waals surface area (Å²) in [6, 6.07) is 18.0. The Hall–Kier alpha value is -2.60. The molecule has 1 heterocycles. The van der Waals surface area contributed by atoms with Crippen LogP contribution in [-0.4, -0.2) is 27.8 Å². The Morgan fingerprint density at radius 2 is 1.77 bits per heavy atom. The van der Waals surface area contributed by atoms with Gasteiger partial charge in [-0.15, -0.1) is 0 Å². The van der Waals surface area contributed by atoms with Gasteiger partial charge in [0.15, 0.2) is 5.16 Å². The van der Waals surface area contributed by atoms with Crippen LogP contribution in [0, 0.1) is 0 Å². The second kappa shape index (κ2) is 10.6. The van der Waals surface area contributed by atoms with Crippen LogP contribution in [0.2, 0.25) is 0 Å². The van der Waals surface area contributed by atoms with E-state index < -0.39 is 0 Å². The lowest BCUT2D eigenvalue weighted by molar-refractivity contribution is -0.118. The molecule has 4 rings (SSSR count). The summed E-state index contributed by atoms with van der Waals surface area (Å²) in [6.07, 6.45) is 7.34. The van der Waals surface area contributed by atoms with E-state index in [9.17, 15) is 9.59 Å². The molecule has 162 valence electrons. The van der Waals surface area contributed by atoms with Gasteiger partial charge in [-0.25, -0.2) is 4.98 Å². The Bertz CT molecular complexity index is 1080. The molecule has 1 saturated carbocycles. The first-order valence-electron chi connectivity index (χ1n) is 11.2. The summed E-state index contributed by atoms with van der Waals surface area (Å²) in [5, 5.41) is 4.32. The number of amides is 1. The lowest BCUT2D eigenvalue weighted by atomic mass is 9.95. The SMILES string of the molecule is O=C(CSc1nc2ccccc2c(=O)n1C1CCCCC1)NCCCc1ccccc1. The van der Waals surface area contributed by atoms with Crippen LogP contribution >= 0.6 is 11.8 Å². The molecule has 1 aromatic heterocycles. The smallest absolute Gasteiger partial charge is 0.262 e. The molecule has 1 fully saturated rings. The fourth-order valence-electron chi connectivity index (χ4n) is 4.23. The average Bonchev–Trinajstić information content (AvgIpc) is 2.82. The number of aryl methyl sites for hydroxylation is 1. The highest BCUT2D eigenvalue weighted by atomic mass is 32.2. The maximum atomic E-state index is 13.2. The van der Waals surface area contributed by atoms with Crippen molar-refractivity contribution >= 4 is 28.6 Å². The third kappa shape index (κ3) is 5.56. The molecule has 31 heavy (non-hydrogen) atoms. The van der Waals surface area contributed by atoms with Gasteiger partial charge in [0.25, 0.3) is 5.56 Å². The summed E-state index contributed by atoms with van der Waals surface area (Å²) >= 11 is 1.37. The van der Waals surface area contributed by atoms with Crippen LogP contribution in [0.5, 0.6) is 0 Å². The lowest BCUT2D eigenvalue weighted by Crippen LogP contribution is -2.30. The Balaban J connectivity index is 1.41. The van der Waals surface area contributed by atoms with E-state index in [1.807, 2.05) is 47.0 Å². The lowest BCUT2D eigenvalue weighted by Gasteiger charge is -2.26. The molecule has 1 aliphatic carbocycles. The molecule has 1 N–H and O–H groups in total. The van der Waals surface area contributed by atoms with E-state index in [0.717, 1.165) is 38.5 Å². The van der Waals surface area contributed by atoms with Crippen molar-refractivity contribution in [3.8, 4) is 0 Å². The van der Waals surface area contributed by atoms with Crippen molar-refractivity contribution in [3.05, 3.63) is 70.5 Å². The van der Waals surface area contributed by atoms with E-state index in [4.69, 9.17) is 4.98 Å². The van der Waals surface area contributed by atoms with E-state index in [-0.39, 0.29) is 23.3 Å². The minimum absolute atomic E-state index is 0.0169. The van der Waals surface area contributed by atoms with Gasteiger partial charge in [-0.1, -0.05) is 73.5 Å². The van der Waals surface area contributed by atoms with Crippen molar-refractivity contribution in [1.29, 1.82) is 0 Å². The molecule has 0 aliphatic heterocycles. The molecule has 0 unspecified atom stereocenters. The zero-order chi connectivity index (χ0) is 21.5. The van der Waals surface area contributed by atoms with Gasteiger partial charge in [-0.2, -0.15) is 0 Å². The van der Waals surface area contributed by atoms with E-state index >= 15 is 0 Å². The second-order valence-electron chi connectivity index (χ2n) is 8.11. The van der Waals surface area contributed by atoms with Crippen molar-refractivity contribution in [2.45, 2.75) is 56.1 Å². The minimum atomic E-state index is -0.0179. The molecule has 3 aromatic rings. The number of hydrogen-bond donors (Lipinski definition) is 1. The van der Waals surface area contributed by atoms with Gasteiger partial charge >= 0.3 is 0 Å². The van der Waals surface area contributed by atoms with E-state index in [2.05, 4.69) is 17.4 Å². The number of nitrogens with one attached hydrogen (secondary N) is 1. The van der Waals surface area contributed by atoms with Gasteiger partial charge < -0.3 is 5.32 Å². The number of carbonyl (C=O) groups excluding carboxylic acids is 1. The number of benzene rings is 2. The first kappa shape index (κ1) is 21.6. The Kier molecular flexibility index (Phi) is 7.41. The Morgan fingerprint density at radius 1 is 1.03 bits per heavy atom. The molecule has 0 bridgehead atoms. The third-order valence-electron chi connectivity index (χ3n) is 5.85. The molecule has 2 aromatic carbocycles. The van der Waals surface area contributed by atoms with Gasteiger partial charge in [-0.3, -0.25) is 14.2 Å². The number of thioether (sulfide) groups is 1. The predicted octanol–water partition coefficient (Wildman–Crippen LogP) is 4.74. The number of aromatic nitrogens is 2. The molecule has 0 radical (unpaired) electrons. The minimum Gasteiger partial charge on any atom is -0.355 e. The van der Waals surface area contributed by atoms with Crippen LogP contribution in [-0.2, 0) is 11.2 Å². The van der Waals surface area contributed by atoms with Crippen LogP contribution < -0.4 is 10.9 Å². The van der Waals surface area contributed by atoms with Gasteiger partial charge in [0.05, 0.1) is 16.7 Å². The van der Waals surface area contributed by atoms with Gasteiger partial charge in [0.1, 0.15) is 0 Å². The largest absolute Gasteiger partial charge is 0.355 e. The molecule has 0 spiro atoms. The monoisotopic (exact) mass is 435 g/mol. The normalized spacial score (nSPS) is 14.6. The first-order valence-corrected chi connectivity index (χ1v) is 12.2. The second-order valence-corrected chi connectivity index (χ2v) is 9.05. The molecule has 1 aliphatic rings. The van der Waals surface area contributed by atoms with Crippen LogP contribution in [0.15, 0.2) is 64.5 Å². The Labute approximate surface area is 187 Å². The van der Waals surface area contributed by atoms with Crippen molar-refractivity contribution < 1.29 is 4.79 Å². The van der Waals surface area contributed by atoms with E-state index in [1.54, 1.807) is 0 Å². The standard InChI is InChI=1S/C25H29N3O2S/c29-23(26-17-9-12-19-10-3-1-4-11-19)18-31-25-27-22-16-8-7-15-21(22)24(30)28(25)20-13-5-2-6-14-20/h1,3-4,7-8,10-11,15-16,20H,2,5-6,9,12-14,17-18H2,(H,26,29). The fraction of sp³-hybridized carbons (Fsp3) is 0.400. The molecular formula is C25H29N3O2S. The number of carbonyl (C=O) groups is 1. The highest BCUT2D eigenvalue weighted by molar-refractivity contribution is 7.99. The van der Waals surface area contributed by atoms with E-state index in [1.165, 1.54) is 23.7 Å². The van der Waals surface area contributed by atoms with Crippen molar-refractivity contribution in [2.75, 3.05) is 12.3 Å². The maximum absolute atomic E-state index is 13.2. The van der Waals surface area contributed by atoms with Gasteiger partial charge in [-0.05, 0) is 43.4 Å². The number of nitrogens with zero attached hydrogens (tertiary/aromatic N) is 2. The van der Waals surface area contributed by atoms with Crippen LogP contribution in [0.1, 0.15) is 50.1 Å². The molecule has 6 heteroatoms. The highest BCUT2D eigenvalue weighted by Crippen LogP contribution is 2.31. The van der Waals surface area contributed by atoms with Crippen molar-refractivity contribution in [1.82, 2.24) is 14.9 Å². The average molecular weight is 436 g/mol. The Morgan fingerprint density at radius 3 is 2.58 bits per heavy atom. The van der Waals surface area contributed by atoms with Crippen LogP contribution in [0.25, 0.3) is 10.9 Å². The van der Waals surface area contributed by atoms with E-state index in [0.29, 0.717) is 22.6 Å². The van der Waals surface area contributed by atoms with Crippen molar-refractivity contribution in [2.24, 2.45) is 0 Å². The number of hydrogen-bond acceptors (Lipinski definition) is 4. The topological polar surface area (TPSA) is 64.0 Å². The maximum Gasteiger partial charge on any atom is 0.262 e. The number of fused-ring (bicyclic) bond motifs is 1. The van der Waals surface area contributed by atoms with Crippen LogP contribution in [0.4, 0.5) is 0 Å². The molecule has 1 amide bonds. The summed E-state index contributed by atoms with van der Waals surface area (Å²) in [5.74, 6) is 0.249. The zero-order valence-corrected chi connectivity index (χ0v) is 18.6. The fourth-order valence-corrected chi connectivity index (χ4v) is 5.13. The molecule has 5 nitrogen and oxygen atoms in total. The third-order valence-corrected chi connectivity index (χ3v) is 6.81. The van der Waals surface area contributed by atoms with Crippen molar-refractivity contribution in [3.63, 3.8) is 0 Å². The molecule has 0 atom stereocenters. The number of para-hydroxylation sites is 1. The summed E-state index contributed by atoms with van der Waals surface area (Å²) < 4.78 is 1.86. The van der Waals surface area contributed by atoms with Crippen LogP contribution in [0.3, 0.4) is 0 Å². The molecule has 0 saturated heterocycles. The predicted molar refractivity (Wildman–Crippen MR) is 127 cm³/mol. The van der Waals surface area contributed by atoms with Gasteiger partial charge in [0, 0.05) is 12.6 Å². The highest BCUT2D eigenvalue weighted by Gasteiger charge is 2.22. The number of rotatable bonds is 8. The van der Waals surface area contributed by atoms with Gasteiger partial charge in [0.2, 0.25) is 5.91 Å². The first-order chi connectivity index (χ1) is 15.2. The quantitative estimate of drug-likeness (QED) is 0.315. The molecular weight excluding hydrogens is 406 g/mol. The summed E-state index contributed by atoms with van der Waals surface area (Å²) in [6.45, 7) is 0.648. The zero-order valence-electron chi connectivity index (χ0n) is 17.8.